The summed E-state index contributed by atoms with van der Waals surface area (Å²) in [5.74, 6) is -3.74. The van der Waals surface area contributed by atoms with E-state index in [4.69, 9.17) is 12.2 Å². The van der Waals surface area contributed by atoms with Gasteiger partial charge in [0, 0.05) is 17.1 Å². The van der Waals surface area contributed by atoms with Gasteiger partial charge in [0.2, 0.25) is 0 Å². The molecule has 1 aliphatic heterocycles. The number of rotatable bonds is 5. The number of aryl methyl sites for hydroxylation is 3. The van der Waals surface area contributed by atoms with Crippen LogP contribution in [0.3, 0.4) is 0 Å². The molecule has 1 aromatic heterocycles. The van der Waals surface area contributed by atoms with Gasteiger partial charge in [0.25, 0.3) is 11.8 Å². The number of aromatic nitrogens is 1. The Morgan fingerprint density at radius 2 is 1.54 bits per heavy atom. The van der Waals surface area contributed by atoms with Crippen LogP contribution >= 0.6 is 12.2 Å². The van der Waals surface area contributed by atoms with Crippen LogP contribution in [0.15, 0.2) is 48.0 Å². The minimum atomic E-state index is -1.26. The van der Waals surface area contributed by atoms with Gasteiger partial charge < -0.3 is 14.8 Å². The summed E-state index contributed by atoms with van der Waals surface area (Å²) in [4.78, 5) is 50.7. The van der Waals surface area contributed by atoms with Crippen molar-refractivity contribution in [3.05, 3.63) is 87.2 Å². The van der Waals surface area contributed by atoms with Crippen molar-refractivity contribution in [1.82, 2.24) is 9.88 Å². The quantitative estimate of drug-likeness (QED) is 0.266. The second-order valence-electron chi connectivity index (χ2n) is 8.79. The Kier molecular flexibility index (Phi) is 6.53. The molecule has 37 heavy (non-hydrogen) atoms. The molecule has 0 bridgehead atoms. The van der Waals surface area contributed by atoms with E-state index >= 15 is 0 Å². The van der Waals surface area contributed by atoms with Crippen molar-refractivity contribution in [3.8, 4) is 5.69 Å². The monoisotopic (exact) mass is 517 g/mol. The maximum atomic E-state index is 13.5. The fourth-order valence-corrected chi connectivity index (χ4v) is 4.68. The molecule has 0 radical (unpaired) electrons. The van der Waals surface area contributed by atoms with Crippen molar-refractivity contribution in [2.45, 2.75) is 27.7 Å². The first kappa shape index (κ1) is 25.5. The van der Waals surface area contributed by atoms with E-state index in [1.165, 1.54) is 23.1 Å². The van der Waals surface area contributed by atoms with E-state index in [-0.39, 0.29) is 21.8 Å². The van der Waals surface area contributed by atoms with Crippen molar-refractivity contribution >= 4 is 52.8 Å². The number of nitrogens with zero attached hydrogens (tertiary/aromatic N) is 2. The molecule has 0 aliphatic carbocycles. The number of hydrogen-bond acceptors (Lipinski definition) is 5. The Morgan fingerprint density at radius 3 is 2.11 bits per heavy atom. The van der Waals surface area contributed by atoms with Gasteiger partial charge in [0.15, 0.2) is 5.11 Å². The Hall–Kier alpha value is -4.57. The predicted molar refractivity (Wildman–Crippen MR) is 141 cm³/mol. The number of benzene rings is 2. The summed E-state index contributed by atoms with van der Waals surface area (Å²) in [6.07, 6.45) is 1.45. The fourth-order valence-electron chi connectivity index (χ4n) is 4.41. The minimum absolute atomic E-state index is 0.0174. The van der Waals surface area contributed by atoms with Gasteiger partial charge in [-0.3, -0.25) is 19.8 Å². The molecular formula is C27H23N3O6S. The van der Waals surface area contributed by atoms with E-state index in [0.29, 0.717) is 28.3 Å². The van der Waals surface area contributed by atoms with Crippen LogP contribution in [0, 0.1) is 27.7 Å². The van der Waals surface area contributed by atoms with Gasteiger partial charge in [-0.15, -0.1) is 0 Å². The van der Waals surface area contributed by atoms with Crippen molar-refractivity contribution in [2.75, 3.05) is 4.90 Å². The van der Waals surface area contributed by atoms with E-state index in [9.17, 15) is 29.4 Å². The maximum absolute atomic E-state index is 13.5. The topological polar surface area (TPSA) is 129 Å². The molecule has 10 heteroatoms. The molecule has 2 heterocycles. The molecule has 4 rings (SSSR count). The molecule has 1 aliphatic rings. The van der Waals surface area contributed by atoms with Crippen LogP contribution in [0.25, 0.3) is 11.8 Å². The van der Waals surface area contributed by atoms with Gasteiger partial charge >= 0.3 is 11.9 Å². The van der Waals surface area contributed by atoms with Crippen LogP contribution in [-0.2, 0) is 9.59 Å². The van der Waals surface area contributed by atoms with E-state index in [1.54, 1.807) is 30.5 Å². The summed E-state index contributed by atoms with van der Waals surface area (Å²) in [5, 5.41) is 21.5. The Labute approximate surface area is 217 Å². The van der Waals surface area contributed by atoms with Gasteiger partial charge in [-0.1, -0.05) is 17.7 Å². The number of aromatic carboxylic acids is 2. The first-order valence-electron chi connectivity index (χ1n) is 11.2. The lowest BCUT2D eigenvalue weighted by molar-refractivity contribution is -0.122. The summed E-state index contributed by atoms with van der Waals surface area (Å²) in [6, 6.07) is 11.1. The molecule has 1 fully saturated rings. The number of carboxylic acids is 2. The molecule has 2 aromatic carbocycles. The van der Waals surface area contributed by atoms with Crippen LogP contribution in [0.1, 0.15) is 48.8 Å². The smallest absolute Gasteiger partial charge is 0.335 e. The summed E-state index contributed by atoms with van der Waals surface area (Å²) >= 11 is 5.30. The third kappa shape index (κ3) is 4.66. The van der Waals surface area contributed by atoms with Crippen molar-refractivity contribution in [2.24, 2.45) is 0 Å². The highest BCUT2D eigenvalue weighted by atomic mass is 32.1. The first-order chi connectivity index (χ1) is 17.4. The zero-order valence-corrected chi connectivity index (χ0v) is 21.3. The molecule has 1 saturated heterocycles. The lowest BCUT2D eigenvalue weighted by Gasteiger charge is -2.30. The predicted octanol–water partition coefficient (Wildman–Crippen LogP) is 3.94. The zero-order chi connectivity index (χ0) is 27.2. The Morgan fingerprint density at radius 1 is 0.919 bits per heavy atom. The fraction of sp³-hybridized carbons (Fsp3) is 0.148. The molecule has 3 aromatic rings. The highest BCUT2D eigenvalue weighted by Gasteiger charge is 2.35. The highest BCUT2D eigenvalue weighted by molar-refractivity contribution is 7.80. The summed E-state index contributed by atoms with van der Waals surface area (Å²) in [7, 11) is 0. The van der Waals surface area contributed by atoms with Crippen LogP contribution in [0.5, 0.6) is 0 Å². The maximum Gasteiger partial charge on any atom is 0.335 e. The number of thiocarbonyl (C=S) groups is 1. The highest BCUT2D eigenvalue weighted by Crippen LogP contribution is 2.28. The lowest BCUT2D eigenvalue weighted by atomic mass is 10.0. The van der Waals surface area contributed by atoms with Gasteiger partial charge in [0.05, 0.1) is 16.8 Å². The summed E-state index contributed by atoms with van der Waals surface area (Å²) in [6.45, 7) is 7.26. The molecule has 3 N–H and O–H groups in total. The van der Waals surface area contributed by atoms with E-state index in [0.717, 1.165) is 17.2 Å². The molecule has 2 amide bonds. The van der Waals surface area contributed by atoms with Gasteiger partial charge in [-0.05, 0) is 87.4 Å². The van der Waals surface area contributed by atoms with Crippen molar-refractivity contribution in [3.63, 3.8) is 0 Å². The first-order valence-corrected chi connectivity index (χ1v) is 11.6. The van der Waals surface area contributed by atoms with E-state index in [2.05, 4.69) is 5.32 Å². The average molecular weight is 518 g/mol. The molecule has 188 valence electrons. The summed E-state index contributed by atoms with van der Waals surface area (Å²) in [5.41, 5.74) is 3.99. The standard InChI is InChI=1S/C27H23N3O6S/c1-13-5-6-22(14(2)7-13)30-24(32)21(23(31)28-27(30)37)12-17-8-15(3)29(16(17)4)20-10-18(25(33)34)9-19(11-20)26(35)36/h5-12H,1-4H3,(H,33,34)(H,35,36)(H,28,31,37)/b21-12+. The lowest BCUT2D eigenvalue weighted by Crippen LogP contribution is -2.54. The third-order valence-corrected chi connectivity index (χ3v) is 6.42. The Balaban J connectivity index is 1.81. The van der Waals surface area contributed by atoms with Gasteiger partial charge in [0.1, 0.15) is 5.57 Å². The molecule has 0 spiro atoms. The van der Waals surface area contributed by atoms with E-state index in [1.807, 2.05) is 26.0 Å². The molecule has 9 nitrogen and oxygen atoms in total. The normalized spacial score (nSPS) is 14.8. The largest absolute Gasteiger partial charge is 0.478 e. The Bertz CT molecular complexity index is 1530. The van der Waals surface area contributed by atoms with Crippen LogP contribution in [0.4, 0.5) is 5.69 Å². The molecule has 0 unspecified atom stereocenters. The number of anilines is 1. The number of hydrogen-bond donors (Lipinski definition) is 3. The molecule has 0 atom stereocenters. The number of carbonyl (C=O) groups is 4. The number of amides is 2. The van der Waals surface area contributed by atoms with E-state index < -0.39 is 23.8 Å². The average Bonchev–Trinajstić information content (AvgIpc) is 3.10. The SMILES string of the molecule is Cc1ccc(N2C(=O)/C(=C/c3cc(C)n(-c4cc(C(=O)O)cc(C(=O)O)c4)c3C)C(=O)NC2=S)c(C)c1. The van der Waals surface area contributed by atoms with Crippen LogP contribution < -0.4 is 10.2 Å². The van der Waals surface area contributed by atoms with Crippen molar-refractivity contribution in [1.29, 1.82) is 0 Å². The van der Waals surface area contributed by atoms with Gasteiger partial charge in [-0.25, -0.2) is 9.59 Å². The number of carboxylic acid groups (broad SMARTS) is 2. The summed E-state index contributed by atoms with van der Waals surface area (Å²) < 4.78 is 1.67. The number of nitrogens with one attached hydrogen (secondary N) is 1. The van der Waals surface area contributed by atoms with Crippen LogP contribution in [0.2, 0.25) is 0 Å². The van der Waals surface area contributed by atoms with Crippen molar-refractivity contribution < 1.29 is 29.4 Å². The number of carbonyl (C=O) groups excluding carboxylic acids is 2. The minimum Gasteiger partial charge on any atom is -0.478 e. The van der Waals surface area contributed by atoms with Gasteiger partial charge in [-0.2, -0.15) is 0 Å². The second-order valence-corrected chi connectivity index (χ2v) is 9.18. The zero-order valence-electron chi connectivity index (χ0n) is 20.4. The van der Waals surface area contributed by atoms with Crippen LogP contribution in [-0.4, -0.2) is 43.6 Å². The third-order valence-electron chi connectivity index (χ3n) is 6.13. The molecular weight excluding hydrogens is 494 g/mol. The second kappa shape index (κ2) is 9.47. The molecule has 0 saturated carbocycles.